The van der Waals surface area contributed by atoms with Crippen molar-refractivity contribution >= 4 is 35.1 Å². The second-order valence-electron chi connectivity index (χ2n) is 6.99. The van der Waals surface area contributed by atoms with Gasteiger partial charge in [0.05, 0.1) is 10.6 Å². The van der Waals surface area contributed by atoms with Crippen molar-refractivity contribution in [3.63, 3.8) is 0 Å². The van der Waals surface area contributed by atoms with E-state index in [4.69, 9.17) is 16.3 Å². The number of hydrogen-bond acceptors (Lipinski definition) is 6. The van der Waals surface area contributed by atoms with Gasteiger partial charge in [-0.05, 0) is 25.8 Å². The highest BCUT2D eigenvalue weighted by Crippen LogP contribution is 2.22. The molecule has 1 aromatic carbocycles. The van der Waals surface area contributed by atoms with Gasteiger partial charge in [-0.15, -0.1) is 0 Å². The molecule has 0 atom stereocenters. The first kappa shape index (κ1) is 22.3. The molecule has 0 saturated carbocycles. The van der Waals surface area contributed by atoms with Crippen LogP contribution in [-0.4, -0.2) is 33.1 Å². The predicted molar refractivity (Wildman–Crippen MR) is 109 cm³/mol. The number of carbonyl (C=O) groups is 2. The fraction of sp³-hybridized carbons (Fsp3) is 0.350. The van der Waals surface area contributed by atoms with Crippen LogP contribution in [0.2, 0.25) is 5.15 Å². The van der Waals surface area contributed by atoms with E-state index in [0.29, 0.717) is 34.4 Å². The standard InChI is InChI=1S/C20H22ClN3O5/c1-12(2)10-23-20(21)16(14(4)22-23)7-8-19(26)29-11-18(25)15-6-5-13(3)17(9-15)24(27)28/h5-9,12H,10-11H2,1-4H3/b8-7+. The Hall–Kier alpha value is -3.00. The van der Waals surface area contributed by atoms with Crippen LogP contribution < -0.4 is 0 Å². The summed E-state index contributed by atoms with van der Waals surface area (Å²) >= 11 is 6.31. The number of nitro groups is 1. The third-order valence-electron chi connectivity index (χ3n) is 4.11. The van der Waals surface area contributed by atoms with Crippen LogP contribution in [-0.2, 0) is 16.1 Å². The zero-order valence-electron chi connectivity index (χ0n) is 16.6. The highest BCUT2D eigenvalue weighted by Gasteiger charge is 2.16. The van der Waals surface area contributed by atoms with Crippen molar-refractivity contribution in [3.05, 3.63) is 61.9 Å². The van der Waals surface area contributed by atoms with Crippen LogP contribution >= 0.6 is 11.6 Å². The molecule has 2 aromatic rings. The van der Waals surface area contributed by atoms with Crippen LogP contribution in [0.4, 0.5) is 5.69 Å². The lowest BCUT2D eigenvalue weighted by molar-refractivity contribution is -0.385. The van der Waals surface area contributed by atoms with Crippen LogP contribution in [0.15, 0.2) is 24.3 Å². The Kier molecular flexibility index (Phi) is 7.28. The van der Waals surface area contributed by atoms with Crippen molar-refractivity contribution in [2.75, 3.05) is 6.61 Å². The fourth-order valence-electron chi connectivity index (χ4n) is 2.62. The second-order valence-corrected chi connectivity index (χ2v) is 7.35. The molecule has 0 aliphatic rings. The molecule has 9 heteroatoms. The van der Waals surface area contributed by atoms with Crippen molar-refractivity contribution in [2.45, 2.75) is 34.2 Å². The zero-order chi connectivity index (χ0) is 21.7. The van der Waals surface area contributed by atoms with Gasteiger partial charge in [0, 0.05) is 35.4 Å². The molecule has 1 aromatic heterocycles. The zero-order valence-corrected chi connectivity index (χ0v) is 17.4. The van der Waals surface area contributed by atoms with Gasteiger partial charge in [0.2, 0.25) is 5.78 Å². The molecule has 0 N–H and O–H groups in total. The predicted octanol–water partition coefficient (Wildman–Crippen LogP) is 4.16. The van der Waals surface area contributed by atoms with Gasteiger partial charge in [-0.3, -0.25) is 19.6 Å². The molecule has 0 bridgehead atoms. The number of nitrogens with zero attached hydrogens (tertiary/aromatic N) is 3. The SMILES string of the molecule is Cc1ccc(C(=O)COC(=O)/C=C/c2c(C)nn(CC(C)C)c2Cl)cc1[N+](=O)[O-]. The molecule has 0 unspecified atom stereocenters. The van der Waals surface area contributed by atoms with Crippen LogP contribution in [0.25, 0.3) is 6.08 Å². The number of rotatable bonds is 8. The monoisotopic (exact) mass is 419 g/mol. The van der Waals surface area contributed by atoms with Gasteiger partial charge in [-0.1, -0.05) is 37.6 Å². The molecule has 29 heavy (non-hydrogen) atoms. The van der Waals surface area contributed by atoms with E-state index in [9.17, 15) is 19.7 Å². The van der Waals surface area contributed by atoms with Crippen molar-refractivity contribution < 1.29 is 19.2 Å². The topological polar surface area (TPSA) is 104 Å². The molecule has 0 fully saturated rings. The summed E-state index contributed by atoms with van der Waals surface area (Å²) in [4.78, 5) is 34.5. The van der Waals surface area contributed by atoms with E-state index < -0.39 is 23.3 Å². The fourth-order valence-corrected chi connectivity index (χ4v) is 2.93. The molecule has 2 rings (SSSR count). The molecular weight excluding hydrogens is 398 g/mol. The number of benzene rings is 1. The number of aromatic nitrogens is 2. The van der Waals surface area contributed by atoms with Crippen molar-refractivity contribution in [3.8, 4) is 0 Å². The molecule has 0 spiro atoms. The minimum atomic E-state index is -0.730. The normalized spacial score (nSPS) is 11.2. The van der Waals surface area contributed by atoms with Gasteiger partial charge in [0.15, 0.2) is 6.61 Å². The molecule has 0 aliphatic carbocycles. The van der Waals surface area contributed by atoms with Crippen LogP contribution in [0.1, 0.15) is 41.0 Å². The number of ether oxygens (including phenoxy) is 1. The van der Waals surface area contributed by atoms with Gasteiger partial charge in [0.25, 0.3) is 5.69 Å². The molecular formula is C20H22ClN3O5. The summed E-state index contributed by atoms with van der Waals surface area (Å²) in [5.41, 5.74) is 1.66. The number of esters is 1. The van der Waals surface area contributed by atoms with E-state index >= 15 is 0 Å². The van der Waals surface area contributed by atoms with Crippen LogP contribution in [0.3, 0.4) is 0 Å². The average molecular weight is 420 g/mol. The summed E-state index contributed by atoms with van der Waals surface area (Å²) in [6.45, 7) is 7.56. The van der Waals surface area contributed by atoms with E-state index in [1.807, 2.05) is 13.8 Å². The average Bonchev–Trinajstić information content (AvgIpc) is 2.90. The highest BCUT2D eigenvalue weighted by atomic mass is 35.5. The Balaban J connectivity index is 2.02. The Bertz CT molecular complexity index is 979. The van der Waals surface area contributed by atoms with E-state index in [1.165, 1.54) is 30.4 Å². The first-order chi connectivity index (χ1) is 13.6. The van der Waals surface area contributed by atoms with E-state index in [1.54, 1.807) is 18.5 Å². The molecule has 0 amide bonds. The van der Waals surface area contributed by atoms with Gasteiger partial charge < -0.3 is 4.74 Å². The number of hydrogen-bond donors (Lipinski definition) is 0. The maximum absolute atomic E-state index is 12.2. The van der Waals surface area contributed by atoms with Gasteiger partial charge in [-0.25, -0.2) is 4.79 Å². The summed E-state index contributed by atoms with van der Waals surface area (Å²) in [6.07, 6.45) is 2.66. The van der Waals surface area contributed by atoms with Gasteiger partial charge in [0.1, 0.15) is 5.15 Å². The lowest BCUT2D eigenvalue weighted by atomic mass is 10.1. The molecule has 8 nitrogen and oxygen atoms in total. The lowest BCUT2D eigenvalue weighted by Gasteiger charge is -2.05. The minimum Gasteiger partial charge on any atom is -0.454 e. The van der Waals surface area contributed by atoms with E-state index in [-0.39, 0.29) is 11.3 Å². The molecule has 0 radical (unpaired) electrons. The van der Waals surface area contributed by atoms with Crippen LogP contribution in [0, 0.1) is 29.9 Å². The van der Waals surface area contributed by atoms with Crippen molar-refractivity contribution in [2.24, 2.45) is 5.92 Å². The summed E-state index contributed by atoms with van der Waals surface area (Å²) in [6, 6.07) is 4.11. The molecule has 154 valence electrons. The summed E-state index contributed by atoms with van der Waals surface area (Å²) in [5, 5.41) is 15.7. The summed E-state index contributed by atoms with van der Waals surface area (Å²) < 4.78 is 6.61. The number of aryl methyl sites for hydroxylation is 2. The number of ketones is 1. The summed E-state index contributed by atoms with van der Waals surface area (Å²) in [7, 11) is 0. The second kappa shape index (κ2) is 9.47. The maximum Gasteiger partial charge on any atom is 0.331 e. The number of carbonyl (C=O) groups excluding carboxylic acids is 2. The van der Waals surface area contributed by atoms with E-state index in [0.717, 1.165) is 0 Å². The smallest absolute Gasteiger partial charge is 0.331 e. The van der Waals surface area contributed by atoms with Gasteiger partial charge in [-0.2, -0.15) is 5.10 Å². The quantitative estimate of drug-likeness (QED) is 0.209. The lowest BCUT2D eigenvalue weighted by Crippen LogP contribution is -2.13. The molecule has 1 heterocycles. The van der Waals surface area contributed by atoms with Gasteiger partial charge >= 0.3 is 5.97 Å². The number of nitro benzene ring substituents is 1. The Labute approximate surface area is 173 Å². The highest BCUT2D eigenvalue weighted by molar-refractivity contribution is 6.31. The maximum atomic E-state index is 12.2. The largest absolute Gasteiger partial charge is 0.454 e. The van der Waals surface area contributed by atoms with Crippen molar-refractivity contribution in [1.29, 1.82) is 0 Å². The number of halogens is 1. The summed E-state index contributed by atoms with van der Waals surface area (Å²) in [5.74, 6) is -0.905. The first-order valence-electron chi connectivity index (χ1n) is 8.96. The van der Waals surface area contributed by atoms with Crippen molar-refractivity contribution in [1.82, 2.24) is 9.78 Å². The third-order valence-corrected chi connectivity index (χ3v) is 4.51. The van der Waals surface area contributed by atoms with Crippen LogP contribution in [0.5, 0.6) is 0 Å². The molecule has 0 saturated heterocycles. The third kappa shape index (κ3) is 5.74. The van der Waals surface area contributed by atoms with E-state index in [2.05, 4.69) is 5.10 Å². The molecule has 0 aliphatic heterocycles. The Morgan fingerprint density at radius 1 is 1.34 bits per heavy atom. The Morgan fingerprint density at radius 3 is 2.66 bits per heavy atom. The minimum absolute atomic E-state index is 0.105. The number of Topliss-reactive ketones (excluding diaryl/α,β-unsaturated/α-hetero) is 1. The first-order valence-corrected chi connectivity index (χ1v) is 9.34. The Morgan fingerprint density at radius 2 is 2.03 bits per heavy atom.